The van der Waals surface area contributed by atoms with Crippen molar-refractivity contribution in [3.63, 3.8) is 0 Å². The van der Waals surface area contributed by atoms with Crippen LogP contribution >= 0.6 is 0 Å². The lowest BCUT2D eigenvalue weighted by molar-refractivity contribution is 0.377. The summed E-state index contributed by atoms with van der Waals surface area (Å²) in [6, 6.07) is 0. The maximum atomic E-state index is 2.56. The van der Waals surface area contributed by atoms with Gasteiger partial charge in [0.15, 0.2) is 0 Å². The molecule has 0 nitrogen and oxygen atoms in total. The molecule has 3 aliphatic carbocycles. The Morgan fingerprint density at radius 3 is 2.56 bits per heavy atom. The third-order valence-electron chi connectivity index (χ3n) is 4.86. The fourth-order valence-electron chi connectivity index (χ4n) is 3.88. The van der Waals surface area contributed by atoms with Crippen molar-refractivity contribution in [3.8, 4) is 0 Å². The molecule has 3 rings (SSSR count). The van der Waals surface area contributed by atoms with Crippen molar-refractivity contribution in [1.29, 1.82) is 0 Å². The normalized spacial score (nSPS) is 37.1. The van der Waals surface area contributed by atoms with Gasteiger partial charge in [0.1, 0.15) is 0 Å². The maximum Gasteiger partial charge on any atom is -0.00974 e. The number of allylic oxidation sites excluding steroid dienone is 4. The first-order valence-electron chi connectivity index (χ1n) is 7.27. The average Bonchev–Trinajstić information content (AvgIpc) is 2.84. The van der Waals surface area contributed by atoms with Crippen LogP contribution in [0.2, 0.25) is 0 Å². The fourth-order valence-corrected chi connectivity index (χ4v) is 3.88. The van der Waals surface area contributed by atoms with Crippen LogP contribution in [0, 0.1) is 17.8 Å². The molecule has 16 heavy (non-hydrogen) atoms. The summed E-state index contributed by atoms with van der Waals surface area (Å²) in [7, 11) is 0. The molecule has 0 heteroatoms. The Morgan fingerprint density at radius 1 is 1.06 bits per heavy atom. The summed E-state index contributed by atoms with van der Waals surface area (Å²) in [5.41, 5.74) is 1.60. The van der Waals surface area contributed by atoms with Gasteiger partial charge in [0.2, 0.25) is 0 Å². The molecule has 3 aliphatic rings. The van der Waals surface area contributed by atoms with Crippen molar-refractivity contribution in [1.82, 2.24) is 0 Å². The highest BCUT2D eigenvalue weighted by molar-refractivity contribution is 5.31. The average molecular weight is 216 g/mol. The van der Waals surface area contributed by atoms with Crippen molar-refractivity contribution in [2.24, 2.45) is 17.8 Å². The molecule has 88 valence electrons. The summed E-state index contributed by atoms with van der Waals surface area (Å²) in [6.07, 6.45) is 20.5. The van der Waals surface area contributed by atoms with E-state index in [1.165, 1.54) is 51.4 Å². The zero-order valence-electron chi connectivity index (χ0n) is 10.3. The first-order valence-corrected chi connectivity index (χ1v) is 7.27. The third kappa shape index (κ3) is 2.42. The molecule has 0 N–H and O–H groups in total. The smallest absolute Gasteiger partial charge is 0.00974 e. The first kappa shape index (κ1) is 10.6. The van der Waals surface area contributed by atoms with Crippen LogP contribution in [0.1, 0.15) is 57.8 Å². The van der Waals surface area contributed by atoms with Crippen molar-refractivity contribution < 1.29 is 0 Å². The minimum atomic E-state index is 0.923. The van der Waals surface area contributed by atoms with Crippen LogP contribution in [-0.4, -0.2) is 0 Å². The number of rotatable bonds is 3. The molecule has 0 heterocycles. The van der Waals surface area contributed by atoms with E-state index < -0.39 is 0 Å². The summed E-state index contributed by atoms with van der Waals surface area (Å²) in [6.45, 7) is 0. The zero-order valence-corrected chi connectivity index (χ0v) is 10.3. The van der Waals surface area contributed by atoms with E-state index in [0.29, 0.717) is 0 Å². The molecule has 0 saturated heterocycles. The molecule has 0 bridgehead atoms. The zero-order chi connectivity index (χ0) is 10.8. The lowest BCUT2D eigenvalue weighted by Crippen LogP contribution is -2.03. The Hall–Kier alpha value is -0.520. The van der Waals surface area contributed by atoms with Gasteiger partial charge in [-0.2, -0.15) is 0 Å². The predicted octanol–water partition coefficient (Wildman–Crippen LogP) is 4.87. The van der Waals surface area contributed by atoms with E-state index in [1.807, 2.05) is 0 Å². The van der Waals surface area contributed by atoms with E-state index in [4.69, 9.17) is 0 Å². The van der Waals surface area contributed by atoms with Gasteiger partial charge in [-0.15, -0.1) is 0 Å². The van der Waals surface area contributed by atoms with Gasteiger partial charge < -0.3 is 0 Å². The minimum Gasteiger partial charge on any atom is -0.0799 e. The van der Waals surface area contributed by atoms with Crippen LogP contribution in [0.25, 0.3) is 0 Å². The molecular formula is C16H24. The minimum absolute atomic E-state index is 0.923. The lowest BCUT2D eigenvalue weighted by atomic mass is 9.90. The molecule has 0 amide bonds. The highest BCUT2D eigenvalue weighted by Gasteiger charge is 2.27. The van der Waals surface area contributed by atoms with Crippen LogP contribution in [0.3, 0.4) is 0 Å². The predicted molar refractivity (Wildman–Crippen MR) is 69.2 cm³/mol. The van der Waals surface area contributed by atoms with Crippen molar-refractivity contribution >= 4 is 0 Å². The quantitative estimate of drug-likeness (QED) is 0.631. The van der Waals surface area contributed by atoms with Gasteiger partial charge in [-0.1, -0.05) is 43.9 Å². The number of hydrogen-bond donors (Lipinski definition) is 0. The monoisotopic (exact) mass is 216 g/mol. The van der Waals surface area contributed by atoms with E-state index in [2.05, 4.69) is 18.2 Å². The van der Waals surface area contributed by atoms with Crippen molar-refractivity contribution in [2.75, 3.05) is 0 Å². The van der Waals surface area contributed by atoms with Gasteiger partial charge in [-0.3, -0.25) is 0 Å². The molecule has 2 unspecified atom stereocenters. The molecule has 0 aliphatic heterocycles. The molecular weight excluding hydrogens is 192 g/mol. The summed E-state index contributed by atoms with van der Waals surface area (Å²) in [5, 5.41) is 0. The Bertz CT molecular complexity index is 291. The largest absolute Gasteiger partial charge is 0.0799 e. The fraction of sp³-hybridized carbons (Fsp3) is 0.750. The summed E-state index contributed by atoms with van der Waals surface area (Å²) in [4.78, 5) is 0. The summed E-state index contributed by atoms with van der Waals surface area (Å²) < 4.78 is 0. The molecule has 2 atom stereocenters. The van der Waals surface area contributed by atoms with Gasteiger partial charge in [0, 0.05) is 0 Å². The summed E-state index contributed by atoms with van der Waals surface area (Å²) in [5.74, 6) is 3.08. The van der Waals surface area contributed by atoms with E-state index in [1.54, 1.807) is 12.0 Å². The van der Waals surface area contributed by atoms with Gasteiger partial charge in [-0.05, 0) is 55.4 Å². The Labute approximate surface area is 99.8 Å². The molecule has 0 spiro atoms. The van der Waals surface area contributed by atoms with Crippen LogP contribution < -0.4 is 0 Å². The lowest BCUT2D eigenvalue weighted by Gasteiger charge is -2.15. The van der Waals surface area contributed by atoms with Crippen molar-refractivity contribution in [2.45, 2.75) is 57.8 Å². The van der Waals surface area contributed by atoms with Gasteiger partial charge in [0.05, 0.1) is 0 Å². The van der Waals surface area contributed by atoms with Gasteiger partial charge in [0.25, 0.3) is 0 Å². The van der Waals surface area contributed by atoms with E-state index >= 15 is 0 Å². The third-order valence-corrected chi connectivity index (χ3v) is 4.86. The van der Waals surface area contributed by atoms with Crippen molar-refractivity contribution in [3.05, 3.63) is 23.8 Å². The second-order valence-electron chi connectivity index (χ2n) is 6.17. The molecule has 0 radical (unpaired) electrons. The highest BCUT2D eigenvalue weighted by Crippen LogP contribution is 2.40. The van der Waals surface area contributed by atoms with Crippen LogP contribution in [-0.2, 0) is 0 Å². The first-order chi connectivity index (χ1) is 7.90. The Morgan fingerprint density at radius 2 is 1.88 bits per heavy atom. The highest BCUT2D eigenvalue weighted by atomic mass is 14.3. The van der Waals surface area contributed by atoms with E-state index in [9.17, 15) is 0 Å². The SMILES string of the molecule is C1=C/C(=C\C2CCC(CC3CCCC3)C2)C1. The maximum absolute atomic E-state index is 2.56. The van der Waals surface area contributed by atoms with E-state index in [-0.39, 0.29) is 0 Å². The Balaban J connectivity index is 1.47. The molecule has 0 aromatic rings. The van der Waals surface area contributed by atoms with Crippen LogP contribution in [0.15, 0.2) is 23.8 Å². The molecule has 2 saturated carbocycles. The Kier molecular flexibility index (Phi) is 3.17. The number of hydrogen-bond acceptors (Lipinski definition) is 0. The molecule has 0 aromatic carbocycles. The second kappa shape index (κ2) is 4.77. The summed E-state index contributed by atoms with van der Waals surface area (Å²) >= 11 is 0. The van der Waals surface area contributed by atoms with Crippen LogP contribution in [0.4, 0.5) is 0 Å². The molecule has 2 fully saturated rings. The second-order valence-corrected chi connectivity index (χ2v) is 6.17. The molecule has 0 aromatic heterocycles. The standard InChI is InChI=1S/C16H24/c1-2-5-13(4-1)10-15-8-9-16(12-15)11-14-6-3-7-14/h3,6,11,13,15-16H,1-2,4-5,7-10,12H2/b14-11+. The van der Waals surface area contributed by atoms with Crippen LogP contribution in [0.5, 0.6) is 0 Å². The van der Waals surface area contributed by atoms with Gasteiger partial charge in [-0.25, -0.2) is 0 Å². The van der Waals surface area contributed by atoms with Gasteiger partial charge >= 0.3 is 0 Å². The van der Waals surface area contributed by atoms with E-state index in [0.717, 1.165) is 17.8 Å². The topological polar surface area (TPSA) is 0 Å².